The van der Waals surface area contributed by atoms with Crippen molar-refractivity contribution in [2.45, 2.75) is 6.04 Å². The Kier molecular flexibility index (Phi) is 4.93. The maximum Gasteiger partial charge on any atom is 0.0580 e. The Balaban J connectivity index is 1.53. The van der Waals surface area contributed by atoms with E-state index >= 15 is 0 Å². The summed E-state index contributed by atoms with van der Waals surface area (Å²) >= 11 is 6.21. The highest BCUT2D eigenvalue weighted by Gasteiger charge is 2.32. The van der Waals surface area contributed by atoms with Crippen LogP contribution in [0.3, 0.4) is 0 Å². The van der Waals surface area contributed by atoms with Crippen LogP contribution in [-0.4, -0.2) is 67.9 Å². The van der Waals surface area contributed by atoms with E-state index in [1.54, 1.807) is 0 Å². The van der Waals surface area contributed by atoms with E-state index in [-0.39, 0.29) is 12.0 Å². The number of likely N-dealkylation sites (N-methyl/N-ethyl adjacent to an activating group) is 1. The van der Waals surface area contributed by atoms with Gasteiger partial charge >= 0.3 is 0 Å². The smallest absolute Gasteiger partial charge is 0.0580 e. The average molecular weight is 357 g/mol. The van der Waals surface area contributed by atoms with Gasteiger partial charge in [0.25, 0.3) is 0 Å². The molecule has 3 aliphatic rings. The van der Waals surface area contributed by atoms with E-state index in [1.807, 2.05) is 6.08 Å². The predicted molar refractivity (Wildman–Crippen MR) is 106 cm³/mol. The molecular weight excluding hydrogens is 332 g/mol. The second-order valence-corrected chi connectivity index (χ2v) is 7.50. The van der Waals surface area contributed by atoms with E-state index in [0.29, 0.717) is 0 Å². The first-order chi connectivity index (χ1) is 12.2. The van der Waals surface area contributed by atoms with Crippen LogP contribution >= 0.6 is 11.6 Å². The van der Waals surface area contributed by atoms with Crippen molar-refractivity contribution < 1.29 is 0 Å². The van der Waals surface area contributed by atoms with Crippen LogP contribution in [0.4, 0.5) is 5.69 Å². The van der Waals surface area contributed by atoms with Gasteiger partial charge in [0.1, 0.15) is 0 Å². The summed E-state index contributed by atoms with van der Waals surface area (Å²) in [6.45, 7) is 6.47. The Morgan fingerprint density at radius 3 is 2.84 bits per heavy atom. The number of hydrogen-bond acceptors (Lipinski definition) is 4. The van der Waals surface area contributed by atoms with E-state index in [2.05, 4.69) is 58.6 Å². The molecule has 4 nitrogen and oxygen atoms in total. The molecule has 1 aromatic carbocycles. The molecule has 25 heavy (non-hydrogen) atoms. The minimum absolute atomic E-state index is 0.190. The molecule has 0 spiro atoms. The molecule has 4 rings (SSSR count). The van der Waals surface area contributed by atoms with Crippen molar-refractivity contribution in [2.24, 2.45) is 10.9 Å². The summed E-state index contributed by atoms with van der Waals surface area (Å²) in [4.78, 5) is 9.95. The van der Waals surface area contributed by atoms with Gasteiger partial charge < -0.3 is 10.2 Å². The molecule has 0 bridgehead atoms. The molecule has 1 N–H and O–H groups in total. The van der Waals surface area contributed by atoms with Crippen molar-refractivity contribution in [3.8, 4) is 0 Å². The summed E-state index contributed by atoms with van der Waals surface area (Å²) in [6.07, 6.45) is 6.27. The van der Waals surface area contributed by atoms with E-state index in [1.165, 1.54) is 11.3 Å². The number of nitrogens with one attached hydrogen (secondary N) is 1. The first-order valence-corrected chi connectivity index (χ1v) is 9.45. The lowest BCUT2D eigenvalue weighted by molar-refractivity contribution is 0.157. The summed E-state index contributed by atoms with van der Waals surface area (Å²) in [6, 6.07) is 8.64. The zero-order valence-electron chi connectivity index (χ0n) is 14.7. The third kappa shape index (κ3) is 3.66. The predicted octanol–water partition coefficient (Wildman–Crippen LogP) is 2.83. The standard InChI is InChI=1S/C20H25ClN4/c1-24-10-12-25(13-11-24)9-8-22-20-16-4-2-3-5-18(16)23-19-14-15(21)6-7-17(19)20/h2-7,14,17,19,23H,8-13H2,1H3. The van der Waals surface area contributed by atoms with Gasteiger partial charge in [-0.25, -0.2) is 0 Å². The first-order valence-electron chi connectivity index (χ1n) is 9.07. The lowest BCUT2D eigenvalue weighted by Gasteiger charge is -2.35. The third-order valence-electron chi connectivity index (χ3n) is 5.32. The number of nitrogens with zero attached hydrogens (tertiary/aromatic N) is 3. The van der Waals surface area contributed by atoms with Gasteiger partial charge in [0, 0.05) is 54.9 Å². The Bertz CT molecular complexity index is 716. The first kappa shape index (κ1) is 16.8. The van der Waals surface area contributed by atoms with E-state index in [4.69, 9.17) is 16.6 Å². The number of piperazine rings is 1. The van der Waals surface area contributed by atoms with Gasteiger partial charge in [-0.15, -0.1) is 0 Å². The fourth-order valence-electron chi connectivity index (χ4n) is 3.80. The lowest BCUT2D eigenvalue weighted by Crippen LogP contribution is -2.45. The van der Waals surface area contributed by atoms with Gasteiger partial charge in [0.15, 0.2) is 0 Å². The topological polar surface area (TPSA) is 30.9 Å². The SMILES string of the molecule is CN1CCN(CCN=C2c3ccccc3NC3C=C(Cl)C=CC23)CC1. The van der Waals surface area contributed by atoms with Gasteiger partial charge in [-0.2, -0.15) is 0 Å². The summed E-state index contributed by atoms with van der Waals surface area (Å²) in [5, 5.41) is 4.39. The molecule has 1 aliphatic carbocycles. The quantitative estimate of drug-likeness (QED) is 0.903. The summed E-state index contributed by atoms with van der Waals surface area (Å²) in [5.74, 6) is 0.255. The molecule has 0 aromatic heterocycles. The van der Waals surface area contributed by atoms with Crippen molar-refractivity contribution >= 4 is 23.0 Å². The van der Waals surface area contributed by atoms with Crippen molar-refractivity contribution in [1.29, 1.82) is 0 Å². The number of rotatable bonds is 3. The molecule has 0 saturated carbocycles. The molecular formula is C20H25ClN4. The normalized spacial score (nSPS) is 28.2. The summed E-state index contributed by atoms with van der Waals surface area (Å²) in [5.41, 5.74) is 3.56. The number of halogens is 1. The molecule has 132 valence electrons. The summed E-state index contributed by atoms with van der Waals surface area (Å²) < 4.78 is 0. The lowest BCUT2D eigenvalue weighted by atomic mass is 9.82. The van der Waals surface area contributed by atoms with E-state index in [9.17, 15) is 0 Å². The maximum atomic E-state index is 6.21. The number of allylic oxidation sites excluding steroid dienone is 2. The van der Waals surface area contributed by atoms with Crippen LogP contribution in [0.5, 0.6) is 0 Å². The number of para-hydroxylation sites is 1. The molecule has 2 unspecified atom stereocenters. The highest BCUT2D eigenvalue weighted by atomic mass is 35.5. The largest absolute Gasteiger partial charge is 0.377 e. The van der Waals surface area contributed by atoms with Crippen LogP contribution in [0.25, 0.3) is 0 Å². The number of aliphatic imine (C=N–C) groups is 1. The van der Waals surface area contributed by atoms with Crippen LogP contribution < -0.4 is 5.32 Å². The highest BCUT2D eigenvalue weighted by molar-refractivity contribution is 6.31. The minimum Gasteiger partial charge on any atom is -0.377 e. The van der Waals surface area contributed by atoms with Crippen LogP contribution in [0, 0.1) is 5.92 Å². The van der Waals surface area contributed by atoms with Crippen molar-refractivity contribution in [1.82, 2.24) is 9.80 Å². The molecule has 2 heterocycles. The zero-order chi connectivity index (χ0) is 17.2. The van der Waals surface area contributed by atoms with Crippen molar-refractivity contribution in [3.63, 3.8) is 0 Å². The average Bonchev–Trinajstić information content (AvgIpc) is 2.62. The summed E-state index contributed by atoms with van der Waals surface area (Å²) in [7, 11) is 2.19. The number of benzene rings is 1. The molecule has 1 saturated heterocycles. The van der Waals surface area contributed by atoms with Crippen molar-refractivity contribution in [3.05, 3.63) is 53.1 Å². The second-order valence-electron chi connectivity index (χ2n) is 7.06. The van der Waals surface area contributed by atoms with Crippen LogP contribution in [0.15, 0.2) is 52.5 Å². The highest BCUT2D eigenvalue weighted by Crippen LogP contribution is 2.33. The van der Waals surface area contributed by atoms with Crippen LogP contribution in [0.1, 0.15) is 5.56 Å². The van der Waals surface area contributed by atoms with Gasteiger partial charge in [0.05, 0.1) is 18.3 Å². The third-order valence-corrected chi connectivity index (χ3v) is 5.58. The Hall–Kier alpha value is -1.62. The monoisotopic (exact) mass is 356 g/mol. The zero-order valence-corrected chi connectivity index (χ0v) is 15.4. The Morgan fingerprint density at radius 1 is 1.20 bits per heavy atom. The Morgan fingerprint density at radius 2 is 2.00 bits per heavy atom. The van der Waals surface area contributed by atoms with Crippen LogP contribution in [-0.2, 0) is 0 Å². The number of anilines is 1. The fourth-order valence-corrected chi connectivity index (χ4v) is 4.01. The molecule has 0 radical (unpaired) electrons. The van der Waals surface area contributed by atoms with E-state index in [0.717, 1.165) is 50.0 Å². The maximum absolute atomic E-state index is 6.21. The van der Waals surface area contributed by atoms with Crippen molar-refractivity contribution in [2.75, 3.05) is 51.6 Å². The molecule has 2 aliphatic heterocycles. The molecule has 5 heteroatoms. The number of hydrogen-bond donors (Lipinski definition) is 1. The van der Waals surface area contributed by atoms with Gasteiger partial charge in [0.2, 0.25) is 0 Å². The van der Waals surface area contributed by atoms with Gasteiger partial charge in [-0.3, -0.25) is 9.89 Å². The van der Waals surface area contributed by atoms with E-state index < -0.39 is 0 Å². The molecule has 1 fully saturated rings. The number of fused-ring (bicyclic) bond motifs is 2. The molecule has 2 atom stereocenters. The second kappa shape index (κ2) is 7.32. The fraction of sp³-hybridized carbons (Fsp3) is 0.450. The van der Waals surface area contributed by atoms with Gasteiger partial charge in [-0.05, 0) is 25.3 Å². The Labute approximate surface area is 154 Å². The minimum atomic E-state index is 0.190. The van der Waals surface area contributed by atoms with Gasteiger partial charge in [-0.1, -0.05) is 35.9 Å². The van der Waals surface area contributed by atoms with Crippen LogP contribution in [0.2, 0.25) is 0 Å². The molecule has 0 amide bonds. The molecule has 1 aromatic rings.